The summed E-state index contributed by atoms with van der Waals surface area (Å²) in [5.41, 5.74) is 0.772. The Kier molecular flexibility index (Phi) is 4.41. The van der Waals surface area contributed by atoms with Gasteiger partial charge in [-0.1, -0.05) is 17.7 Å². The summed E-state index contributed by atoms with van der Waals surface area (Å²) in [7, 11) is -3.34. The number of nitrogens with one attached hydrogen (secondary N) is 2. The van der Waals surface area contributed by atoms with Crippen molar-refractivity contribution in [1.29, 1.82) is 0 Å². The summed E-state index contributed by atoms with van der Waals surface area (Å²) in [6.45, 7) is 1.55. The van der Waals surface area contributed by atoms with Gasteiger partial charge in [0, 0.05) is 10.7 Å². The van der Waals surface area contributed by atoms with Crippen molar-refractivity contribution in [1.82, 2.24) is 10.2 Å². The number of sulfonamides is 1. The Morgan fingerprint density at radius 3 is 2.45 bits per heavy atom. The third-order valence-electron chi connectivity index (χ3n) is 2.40. The van der Waals surface area contributed by atoms with Gasteiger partial charge in [-0.05, 0) is 37.3 Å². The molecule has 1 aromatic carbocycles. The van der Waals surface area contributed by atoms with E-state index in [1.807, 2.05) is 12.1 Å². The average molecular weight is 313 g/mol. The molecule has 0 atom stereocenters. The van der Waals surface area contributed by atoms with Crippen LogP contribution in [0.3, 0.4) is 0 Å². The predicted octanol–water partition coefficient (Wildman–Crippen LogP) is 2.64. The van der Waals surface area contributed by atoms with E-state index in [2.05, 4.69) is 20.2 Å². The fraction of sp³-hybridized carbons (Fsp3) is 0.167. The molecule has 2 N–H and O–H groups in total. The van der Waals surface area contributed by atoms with Gasteiger partial charge in [0.25, 0.3) is 0 Å². The van der Waals surface area contributed by atoms with Gasteiger partial charge in [-0.15, -0.1) is 10.2 Å². The molecule has 6 nitrogen and oxygen atoms in total. The second-order valence-electron chi connectivity index (χ2n) is 3.94. The number of benzene rings is 1. The second-order valence-corrected chi connectivity index (χ2v) is 6.39. The van der Waals surface area contributed by atoms with Gasteiger partial charge in [0.15, 0.2) is 11.6 Å². The van der Waals surface area contributed by atoms with Crippen LogP contribution in [0.1, 0.15) is 6.92 Å². The molecule has 0 saturated heterocycles. The van der Waals surface area contributed by atoms with Crippen LogP contribution in [0.2, 0.25) is 5.02 Å². The minimum Gasteiger partial charge on any atom is -0.339 e. The molecule has 0 unspecified atom stereocenters. The Hall–Kier alpha value is -1.86. The molecule has 106 valence electrons. The maximum atomic E-state index is 11.4. The first-order chi connectivity index (χ1) is 9.48. The number of halogens is 1. The molecule has 0 saturated carbocycles. The van der Waals surface area contributed by atoms with Crippen LogP contribution in [0.15, 0.2) is 36.4 Å². The topological polar surface area (TPSA) is 84.0 Å². The molecule has 2 aromatic rings. The first-order valence-corrected chi connectivity index (χ1v) is 7.88. The zero-order valence-electron chi connectivity index (χ0n) is 10.7. The van der Waals surface area contributed by atoms with Crippen molar-refractivity contribution in [3.05, 3.63) is 41.4 Å². The molecule has 8 heteroatoms. The molecular formula is C12H13ClN4O2S. The van der Waals surface area contributed by atoms with Gasteiger partial charge in [0.2, 0.25) is 10.0 Å². The number of hydrogen-bond acceptors (Lipinski definition) is 5. The lowest BCUT2D eigenvalue weighted by Gasteiger charge is -2.07. The fourth-order valence-electron chi connectivity index (χ4n) is 1.40. The van der Waals surface area contributed by atoms with Crippen LogP contribution >= 0.6 is 11.6 Å². The van der Waals surface area contributed by atoms with Crippen LogP contribution in [-0.4, -0.2) is 24.4 Å². The SMILES string of the molecule is CCS(=O)(=O)Nc1ccc(Nc2cccc(Cl)c2)nn1. The molecule has 0 aliphatic heterocycles. The molecule has 0 aliphatic carbocycles. The monoisotopic (exact) mass is 312 g/mol. The molecule has 1 heterocycles. The van der Waals surface area contributed by atoms with E-state index >= 15 is 0 Å². The predicted molar refractivity (Wildman–Crippen MR) is 79.9 cm³/mol. The molecule has 0 spiro atoms. The van der Waals surface area contributed by atoms with Crippen molar-refractivity contribution in [2.75, 3.05) is 15.8 Å². The Morgan fingerprint density at radius 2 is 1.85 bits per heavy atom. The number of hydrogen-bond donors (Lipinski definition) is 2. The van der Waals surface area contributed by atoms with Crippen LogP contribution in [-0.2, 0) is 10.0 Å². The van der Waals surface area contributed by atoms with Crippen molar-refractivity contribution < 1.29 is 8.42 Å². The van der Waals surface area contributed by atoms with Gasteiger partial charge >= 0.3 is 0 Å². The summed E-state index contributed by atoms with van der Waals surface area (Å²) >= 11 is 5.87. The van der Waals surface area contributed by atoms with E-state index in [0.29, 0.717) is 10.8 Å². The first-order valence-electron chi connectivity index (χ1n) is 5.85. The second kappa shape index (κ2) is 6.06. The van der Waals surface area contributed by atoms with E-state index in [9.17, 15) is 8.42 Å². The van der Waals surface area contributed by atoms with Gasteiger partial charge in [0.05, 0.1) is 5.75 Å². The lowest BCUT2D eigenvalue weighted by molar-refractivity contribution is 0.602. The quantitative estimate of drug-likeness (QED) is 0.886. The summed E-state index contributed by atoms with van der Waals surface area (Å²) < 4.78 is 25.1. The third-order valence-corrected chi connectivity index (χ3v) is 3.92. The highest BCUT2D eigenvalue weighted by molar-refractivity contribution is 7.92. The van der Waals surface area contributed by atoms with Gasteiger partial charge < -0.3 is 5.32 Å². The van der Waals surface area contributed by atoms with E-state index in [1.165, 1.54) is 6.07 Å². The Labute approximate surface area is 122 Å². The zero-order valence-corrected chi connectivity index (χ0v) is 12.2. The van der Waals surface area contributed by atoms with Crippen LogP contribution in [0, 0.1) is 0 Å². The number of aromatic nitrogens is 2. The van der Waals surface area contributed by atoms with Gasteiger partial charge in [-0.25, -0.2) is 8.42 Å². The highest BCUT2D eigenvalue weighted by atomic mass is 35.5. The van der Waals surface area contributed by atoms with Crippen molar-refractivity contribution >= 4 is 38.9 Å². The van der Waals surface area contributed by atoms with Crippen LogP contribution < -0.4 is 10.0 Å². The summed E-state index contributed by atoms with van der Waals surface area (Å²) in [5.74, 6) is 0.659. The normalized spacial score (nSPS) is 11.1. The summed E-state index contributed by atoms with van der Waals surface area (Å²) in [5, 5.41) is 11.3. The van der Waals surface area contributed by atoms with E-state index in [0.717, 1.165) is 5.69 Å². The number of nitrogens with zero attached hydrogens (tertiary/aromatic N) is 2. The molecule has 0 bridgehead atoms. The first kappa shape index (κ1) is 14.5. The summed E-state index contributed by atoms with van der Waals surface area (Å²) in [6, 6.07) is 10.3. The smallest absolute Gasteiger partial charge is 0.233 e. The van der Waals surface area contributed by atoms with E-state index < -0.39 is 10.0 Å². The number of anilines is 3. The van der Waals surface area contributed by atoms with Crippen molar-refractivity contribution in [3.63, 3.8) is 0 Å². The Morgan fingerprint density at radius 1 is 1.15 bits per heavy atom. The van der Waals surface area contributed by atoms with E-state index in [1.54, 1.807) is 25.1 Å². The van der Waals surface area contributed by atoms with Gasteiger partial charge in [0.1, 0.15) is 0 Å². The highest BCUT2D eigenvalue weighted by Crippen LogP contribution is 2.19. The molecule has 1 aromatic heterocycles. The number of rotatable bonds is 5. The van der Waals surface area contributed by atoms with Gasteiger partial charge in [-0.3, -0.25) is 4.72 Å². The molecule has 0 amide bonds. The molecule has 0 fully saturated rings. The Bertz CT molecular complexity index is 689. The maximum absolute atomic E-state index is 11.4. The van der Waals surface area contributed by atoms with Crippen LogP contribution in [0.5, 0.6) is 0 Å². The van der Waals surface area contributed by atoms with Crippen LogP contribution in [0.25, 0.3) is 0 Å². The van der Waals surface area contributed by atoms with E-state index in [4.69, 9.17) is 11.6 Å². The Balaban J connectivity index is 2.09. The van der Waals surface area contributed by atoms with Crippen molar-refractivity contribution in [2.24, 2.45) is 0 Å². The highest BCUT2D eigenvalue weighted by Gasteiger charge is 2.08. The lowest BCUT2D eigenvalue weighted by Crippen LogP contribution is -2.15. The lowest BCUT2D eigenvalue weighted by atomic mass is 10.3. The maximum Gasteiger partial charge on any atom is 0.233 e. The average Bonchev–Trinajstić information content (AvgIpc) is 2.41. The van der Waals surface area contributed by atoms with Crippen molar-refractivity contribution in [3.8, 4) is 0 Å². The summed E-state index contributed by atoms with van der Waals surface area (Å²) in [6.07, 6.45) is 0. The molecular weight excluding hydrogens is 300 g/mol. The van der Waals surface area contributed by atoms with Crippen LogP contribution in [0.4, 0.5) is 17.3 Å². The molecule has 20 heavy (non-hydrogen) atoms. The largest absolute Gasteiger partial charge is 0.339 e. The summed E-state index contributed by atoms with van der Waals surface area (Å²) in [4.78, 5) is 0. The molecule has 0 radical (unpaired) electrons. The van der Waals surface area contributed by atoms with E-state index in [-0.39, 0.29) is 11.6 Å². The van der Waals surface area contributed by atoms with Crippen molar-refractivity contribution in [2.45, 2.75) is 6.92 Å². The van der Waals surface area contributed by atoms with Gasteiger partial charge in [-0.2, -0.15) is 0 Å². The minimum absolute atomic E-state index is 0.0167. The zero-order chi connectivity index (χ0) is 14.6. The fourth-order valence-corrected chi connectivity index (χ4v) is 2.16. The minimum atomic E-state index is -3.34. The molecule has 0 aliphatic rings. The standard InChI is InChI=1S/C12H13ClN4O2S/c1-2-20(18,19)17-12-7-6-11(15-16-12)14-10-5-3-4-9(13)8-10/h3-8H,2H2,1H3,(H,14,15)(H,16,17). The molecule has 2 rings (SSSR count). The third kappa shape index (κ3) is 4.07.